The molecule has 3 rings (SSSR count). The summed E-state index contributed by atoms with van der Waals surface area (Å²) in [4.78, 5) is 14.4. The largest absolute Gasteiger partial charge is 0.393 e. The van der Waals surface area contributed by atoms with Gasteiger partial charge in [-0.1, -0.05) is 44.6 Å². The molecule has 5 heteroatoms. The molecule has 3 aliphatic carbocycles. The first-order valence-electron chi connectivity index (χ1n) is 14.4. The Bertz CT molecular complexity index is 855. The first kappa shape index (κ1) is 29.1. The average Bonchev–Trinajstić information content (AvgIpc) is 3.18. The molecule has 3 fully saturated rings. The Kier molecular flexibility index (Phi) is 9.68. The third kappa shape index (κ3) is 6.16. The number of carbonyl (C=O) groups excluding carboxylic acids is 1. The van der Waals surface area contributed by atoms with Gasteiger partial charge in [0.1, 0.15) is 5.60 Å². The molecule has 0 radical (unpaired) electrons. The van der Waals surface area contributed by atoms with E-state index in [0.717, 1.165) is 30.4 Å². The van der Waals surface area contributed by atoms with Crippen LogP contribution in [0.15, 0.2) is 35.5 Å². The minimum absolute atomic E-state index is 0.148. The third-order valence-corrected chi connectivity index (χ3v) is 9.82. The summed E-state index contributed by atoms with van der Waals surface area (Å²) >= 11 is 0. The van der Waals surface area contributed by atoms with Gasteiger partial charge in [-0.25, -0.2) is 0 Å². The van der Waals surface area contributed by atoms with Gasteiger partial charge in [-0.2, -0.15) is 0 Å². The number of likely N-dealkylation sites (N-methyl/N-ethyl adjacent to an activating group) is 1. The van der Waals surface area contributed by atoms with Crippen molar-refractivity contribution in [3.05, 3.63) is 35.5 Å². The van der Waals surface area contributed by atoms with Crippen molar-refractivity contribution in [1.29, 1.82) is 0 Å². The molecule has 1 unspecified atom stereocenters. The normalized spacial score (nSPS) is 35.5. The molecule has 0 heterocycles. The van der Waals surface area contributed by atoms with Gasteiger partial charge in [0.05, 0.1) is 12.2 Å². The minimum Gasteiger partial charge on any atom is -0.393 e. The molecule has 3 N–H and O–H groups in total. The maximum Gasteiger partial charge on any atom is 0.254 e. The quantitative estimate of drug-likeness (QED) is 0.387. The van der Waals surface area contributed by atoms with E-state index in [-0.39, 0.29) is 11.3 Å². The highest BCUT2D eigenvalue weighted by molar-refractivity contribution is 5.84. The molecule has 3 saturated carbocycles. The number of aliphatic hydroxyl groups excluding tert-OH is 2. The van der Waals surface area contributed by atoms with E-state index in [1.165, 1.54) is 31.3 Å². The van der Waals surface area contributed by atoms with Gasteiger partial charge in [0.2, 0.25) is 0 Å². The molecular weight excluding hydrogens is 450 g/mol. The number of carbonyl (C=O) groups is 1. The Hall–Kier alpha value is -1.43. The molecular formula is C31H51NO4. The Morgan fingerprint density at radius 1 is 1.25 bits per heavy atom. The van der Waals surface area contributed by atoms with E-state index in [2.05, 4.69) is 32.6 Å². The van der Waals surface area contributed by atoms with Crippen molar-refractivity contribution in [2.45, 2.75) is 117 Å². The summed E-state index contributed by atoms with van der Waals surface area (Å²) in [6, 6.07) is 0. The summed E-state index contributed by atoms with van der Waals surface area (Å²) in [5, 5.41) is 31.1. The van der Waals surface area contributed by atoms with Crippen LogP contribution in [-0.4, -0.2) is 57.0 Å². The van der Waals surface area contributed by atoms with Gasteiger partial charge in [-0.15, -0.1) is 0 Å². The summed E-state index contributed by atoms with van der Waals surface area (Å²) in [5.41, 5.74) is 2.25. The van der Waals surface area contributed by atoms with Crippen LogP contribution in [0, 0.1) is 23.2 Å². The Morgan fingerprint density at radius 2 is 1.94 bits per heavy atom. The van der Waals surface area contributed by atoms with Gasteiger partial charge < -0.3 is 20.2 Å². The van der Waals surface area contributed by atoms with Gasteiger partial charge in [0, 0.05) is 19.5 Å². The van der Waals surface area contributed by atoms with Crippen LogP contribution < -0.4 is 0 Å². The number of aliphatic hydroxyl groups is 3. The summed E-state index contributed by atoms with van der Waals surface area (Å²) in [6.07, 6.45) is 12.6. The van der Waals surface area contributed by atoms with Crippen molar-refractivity contribution in [3.63, 3.8) is 0 Å². The van der Waals surface area contributed by atoms with Crippen molar-refractivity contribution >= 4 is 5.91 Å². The number of rotatable bonds is 9. The van der Waals surface area contributed by atoms with Crippen LogP contribution in [0.4, 0.5) is 0 Å². The topological polar surface area (TPSA) is 81.0 Å². The third-order valence-electron chi connectivity index (χ3n) is 9.82. The second kappa shape index (κ2) is 12.0. The second-order valence-corrected chi connectivity index (χ2v) is 12.3. The molecule has 1 amide bonds. The number of hydrogen-bond donors (Lipinski definition) is 3. The number of fused-ring (bicyclic) bond motifs is 1. The molecule has 204 valence electrons. The van der Waals surface area contributed by atoms with Gasteiger partial charge in [0.25, 0.3) is 5.91 Å². The summed E-state index contributed by atoms with van der Waals surface area (Å²) in [7, 11) is 0. The minimum atomic E-state index is -1.29. The zero-order valence-electron chi connectivity index (χ0n) is 23.4. The molecule has 0 aromatic rings. The number of amides is 1. The first-order chi connectivity index (χ1) is 16.9. The van der Waals surface area contributed by atoms with Crippen LogP contribution >= 0.6 is 0 Å². The molecule has 0 saturated heterocycles. The van der Waals surface area contributed by atoms with E-state index >= 15 is 0 Å². The highest BCUT2D eigenvalue weighted by atomic mass is 16.3. The van der Waals surface area contributed by atoms with Crippen molar-refractivity contribution in [2.75, 3.05) is 13.1 Å². The van der Waals surface area contributed by atoms with Crippen LogP contribution in [0.5, 0.6) is 0 Å². The molecule has 0 aromatic heterocycles. The van der Waals surface area contributed by atoms with Crippen molar-refractivity contribution in [3.8, 4) is 0 Å². The van der Waals surface area contributed by atoms with Crippen LogP contribution in [0.1, 0.15) is 98.8 Å². The lowest BCUT2D eigenvalue weighted by Gasteiger charge is -2.44. The Morgan fingerprint density at radius 3 is 2.61 bits per heavy atom. The first-order valence-corrected chi connectivity index (χ1v) is 14.4. The summed E-state index contributed by atoms with van der Waals surface area (Å²) < 4.78 is 0. The fourth-order valence-corrected chi connectivity index (χ4v) is 7.61. The molecule has 0 aromatic carbocycles. The lowest BCUT2D eigenvalue weighted by molar-refractivity contribution is -0.150. The van der Waals surface area contributed by atoms with E-state index in [0.29, 0.717) is 50.1 Å². The monoisotopic (exact) mass is 501 g/mol. The lowest BCUT2D eigenvalue weighted by Crippen LogP contribution is -2.47. The fourth-order valence-electron chi connectivity index (χ4n) is 7.61. The lowest BCUT2D eigenvalue weighted by atomic mass is 9.60. The maximum absolute atomic E-state index is 12.7. The predicted octanol–water partition coefficient (Wildman–Crippen LogP) is 5.55. The highest BCUT2D eigenvalue weighted by Gasteiger charge is 2.50. The second-order valence-electron chi connectivity index (χ2n) is 12.3. The molecule has 0 aliphatic heterocycles. The number of nitrogens with zero attached hydrogens (tertiary/aromatic N) is 1. The fraction of sp³-hybridized carbons (Fsp3) is 0.774. The van der Waals surface area contributed by atoms with Crippen molar-refractivity contribution < 1.29 is 20.1 Å². The van der Waals surface area contributed by atoms with Crippen LogP contribution in [0.3, 0.4) is 0 Å². The highest BCUT2D eigenvalue weighted by Crippen LogP contribution is 2.60. The molecule has 7 atom stereocenters. The Balaban J connectivity index is 1.64. The molecule has 0 bridgehead atoms. The zero-order chi connectivity index (χ0) is 26.7. The molecule has 3 aliphatic rings. The summed E-state index contributed by atoms with van der Waals surface area (Å²) in [5.74, 6) is 1.63. The van der Waals surface area contributed by atoms with Gasteiger partial charge in [-0.05, 0) is 106 Å². The van der Waals surface area contributed by atoms with Crippen LogP contribution in [0.25, 0.3) is 0 Å². The average molecular weight is 502 g/mol. The van der Waals surface area contributed by atoms with E-state index < -0.39 is 17.8 Å². The number of allylic oxidation sites excluding steroid dienone is 3. The van der Waals surface area contributed by atoms with E-state index in [1.54, 1.807) is 11.8 Å². The van der Waals surface area contributed by atoms with E-state index in [4.69, 9.17) is 0 Å². The summed E-state index contributed by atoms with van der Waals surface area (Å²) in [6.45, 7) is 15.8. The SMILES string of the molecule is C=C1C(=CC=C2CCC[C@@]3(C)C2CC[C@@H]3[C@H](C)CCC[C@@](C)(O)C(=O)N(CC)CC)C[C@@H](O)C[C@@H]1O. The molecule has 5 nitrogen and oxygen atoms in total. The van der Waals surface area contributed by atoms with E-state index in [9.17, 15) is 20.1 Å². The standard InChI is InChI=1S/C31H51NO4/c1-7-32(8-2)29(35)31(6,36)18-9-11-21(3)26-15-16-27-23(12-10-17-30(26,27)5)13-14-24-19-25(33)20-28(34)22(24)4/h13-14,21,25-28,33-34,36H,4,7-12,15-20H2,1-3,5-6H3/t21-,25-,26-,27?,28+,30-,31-/m1/s1. The molecule has 36 heavy (non-hydrogen) atoms. The maximum atomic E-state index is 12.7. The molecule has 0 spiro atoms. The Labute approximate surface area is 219 Å². The van der Waals surface area contributed by atoms with Crippen molar-refractivity contribution in [2.24, 2.45) is 23.2 Å². The van der Waals surface area contributed by atoms with Gasteiger partial charge >= 0.3 is 0 Å². The van der Waals surface area contributed by atoms with Gasteiger partial charge in [0.15, 0.2) is 0 Å². The number of hydrogen-bond acceptors (Lipinski definition) is 4. The van der Waals surface area contributed by atoms with E-state index in [1.807, 2.05) is 13.8 Å². The smallest absolute Gasteiger partial charge is 0.254 e. The predicted molar refractivity (Wildman–Crippen MR) is 146 cm³/mol. The van der Waals surface area contributed by atoms with Crippen molar-refractivity contribution in [1.82, 2.24) is 4.90 Å². The zero-order valence-corrected chi connectivity index (χ0v) is 23.4. The van der Waals surface area contributed by atoms with Gasteiger partial charge in [-0.3, -0.25) is 4.79 Å². The van der Waals surface area contributed by atoms with Crippen LogP contribution in [0.2, 0.25) is 0 Å². The van der Waals surface area contributed by atoms with Crippen LogP contribution in [-0.2, 0) is 4.79 Å².